The molecule has 0 aliphatic rings. The number of methoxy groups -OCH3 is 1. The zero-order chi connectivity index (χ0) is 29.4. The van der Waals surface area contributed by atoms with Gasteiger partial charge in [0.1, 0.15) is 18.3 Å². The van der Waals surface area contributed by atoms with Crippen LogP contribution in [-0.2, 0) is 26.2 Å². The number of carbonyl (C=O) groups is 2. The van der Waals surface area contributed by atoms with Crippen molar-refractivity contribution in [2.75, 3.05) is 18.0 Å². The topological polar surface area (TPSA) is 96.0 Å². The third kappa shape index (κ3) is 7.68. The van der Waals surface area contributed by atoms with Crippen LogP contribution in [-0.4, -0.2) is 50.9 Å². The molecule has 2 unspecified atom stereocenters. The van der Waals surface area contributed by atoms with Gasteiger partial charge in [0.25, 0.3) is 10.0 Å². The van der Waals surface area contributed by atoms with Gasteiger partial charge in [-0.3, -0.25) is 13.9 Å². The Kier molecular flexibility index (Phi) is 10.8. The normalized spacial score (nSPS) is 12.8. The summed E-state index contributed by atoms with van der Waals surface area (Å²) in [5.41, 5.74) is 0.772. The Bertz CT molecular complexity index is 1440. The fourth-order valence-electron chi connectivity index (χ4n) is 3.97. The number of anilines is 1. The Hall–Kier alpha value is -3.27. The molecule has 0 spiro atoms. The molecule has 214 valence electrons. The third-order valence-corrected chi connectivity index (χ3v) is 8.67. The summed E-state index contributed by atoms with van der Waals surface area (Å²) < 4.78 is 34.2. The highest BCUT2D eigenvalue weighted by atomic mass is 35.5. The van der Waals surface area contributed by atoms with Crippen molar-refractivity contribution < 1.29 is 22.7 Å². The minimum atomic E-state index is -4.26. The van der Waals surface area contributed by atoms with Crippen molar-refractivity contribution in [3.05, 3.63) is 88.4 Å². The molecule has 1 N–H and O–H groups in total. The molecule has 3 aromatic rings. The molecule has 0 aromatic heterocycles. The fourth-order valence-corrected chi connectivity index (χ4v) is 5.79. The van der Waals surface area contributed by atoms with Crippen LogP contribution in [0, 0.1) is 0 Å². The van der Waals surface area contributed by atoms with Crippen LogP contribution >= 0.6 is 23.2 Å². The van der Waals surface area contributed by atoms with E-state index < -0.39 is 28.5 Å². The molecule has 2 amide bonds. The number of hydrogen-bond acceptors (Lipinski definition) is 5. The van der Waals surface area contributed by atoms with Gasteiger partial charge in [0, 0.05) is 22.6 Å². The number of rotatable bonds is 12. The average Bonchev–Trinajstić information content (AvgIpc) is 2.94. The standard InChI is InChI=1S/C29H33Cl2N3O5S/c1-5-20(2)32-29(36)21(3)33(18-22-10-9-11-23(30)16-22)28(35)19-34(26-17-24(31)14-15-27(26)39-4)40(37,38)25-12-7-6-8-13-25/h6-17,20-21H,5,18-19H2,1-4H3,(H,32,36). The van der Waals surface area contributed by atoms with E-state index in [9.17, 15) is 18.0 Å². The molecular formula is C29H33Cl2N3O5S. The second kappa shape index (κ2) is 13.9. The molecule has 0 saturated carbocycles. The number of nitrogens with one attached hydrogen (secondary N) is 1. The van der Waals surface area contributed by atoms with E-state index in [2.05, 4.69) is 5.32 Å². The van der Waals surface area contributed by atoms with Gasteiger partial charge < -0.3 is 15.0 Å². The molecule has 0 heterocycles. The Morgan fingerprint density at radius 2 is 1.62 bits per heavy atom. The highest BCUT2D eigenvalue weighted by molar-refractivity contribution is 7.92. The molecule has 0 radical (unpaired) electrons. The average molecular weight is 607 g/mol. The van der Waals surface area contributed by atoms with Gasteiger partial charge in [-0.1, -0.05) is 60.5 Å². The van der Waals surface area contributed by atoms with Gasteiger partial charge in [0.2, 0.25) is 11.8 Å². The van der Waals surface area contributed by atoms with E-state index in [1.165, 1.54) is 36.3 Å². The quantitative estimate of drug-likeness (QED) is 0.293. The van der Waals surface area contributed by atoms with Crippen LogP contribution in [0.4, 0.5) is 5.69 Å². The van der Waals surface area contributed by atoms with Crippen molar-refractivity contribution in [3.8, 4) is 5.75 Å². The Morgan fingerprint density at radius 3 is 2.25 bits per heavy atom. The Balaban J connectivity index is 2.08. The molecule has 2 atom stereocenters. The highest BCUT2D eigenvalue weighted by Crippen LogP contribution is 2.35. The van der Waals surface area contributed by atoms with Crippen molar-refractivity contribution in [1.82, 2.24) is 10.2 Å². The van der Waals surface area contributed by atoms with Crippen molar-refractivity contribution in [1.29, 1.82) is 0 Å². The summed E-state index contributed by atoms with van der Waals surface area (Å²) in [4.78, 5) is 28.5. The predicted molar refractivity (Wildman–Crippen MR) is 158 cm³/mol. The van der Waals surface area contributed by atoms with Crippen LogP contribution < -0.4 is 14.4 Å². The van der Waals surface area contributed by atoms with E-state index in [-0.39, 0.29) is 39.8 Å². The van der Waals surface area contributed by atoms with Crippen molar-refractivity contribution in [2.24, 2.45) is 0 Å². The highest BCUT2D eigenvalue weighted by Gasteiger charge is 2.34. The lowest BCUT2D eigenvalue weighted by Crippen LogP contribution is -2.52. The first-order valence-electron chi connectivity index (χ1n) is 12.7. The summed E-state index contributed by atoms with van der Waals surface area (Å²) in [5, 5.41) is 3.63. The largest absolute Gasteiger partial charge is 0.495 e. The summed E-state index contributed by atoms with van der Waals surface area (Å²) in [6, 6.07) is 18.2. The third-order valence-electron chi connectivity index (χ3n) is 6.43. The molecule has 0 aliphatic heterocycles. The maximum atomic E-state index is 14.0. The molecule has 0 bridgehead atoms. The maximum absolute atomic E-state index is 14.0. The van der Waals surface area contributed by atoms with Crippen LogP contribution in [0.1, 0.15) is 32.8 Å². The van der Waals surface area contributed by atoms with E-state index >= 15 is 0 Å². The molecule has 0 saturated heterocycles. The summed E-state index contributed by atoms with van der Waals surface area (Å²) in [5.74, 6) is -0.753. The monoisotopic (exact) mass is 605 g/mol. The first kappa shape index (κ1) is 31.3. The van der Waals surface area contributed by atoms with Crippen LogP contribution in [0.5, 0.6) is 5.75 Å². The lowest BCUT2D eigenvalue weighted by Gasteiger charge is -2.33. The van der Waals surface area contributed by atoms with Gasteiger partial charge in [-0.25, -0.2) is 8.42 Å². The van der Waals surface area contributed by atoms with Crippen LogP contribution in [0.3, 0.4) is 0 Å². The summed E-state index contributed by atoms with van der Waals surface area (Å²) >= 11 is 12.4. The van der Waals surface area contributed by atoms with Crippen molar-refractivity contribution >= 4 is 50.7 Å². The zero-order valence-electron chi connectivity index (χ0n) is 22.8. The number of ether oxygens (including phenoxy) is 1. The molecule has 11 heteroatoms. The van der Waals surface area contributed by atoms with E-state index in [1.807, 2.05) is 13.8 Å². The molecular weight excluding hydrogens is 573 g/mol. The lowest BCUT2D eigenvalue weighted by molar-refractivity contribution is -0.139. The van der Waals surface area contributed by atoms with E-state index in [4.69, 9.17) is 27.9 Å². The van der Waals surface area contributed by atoms with Gasteiger partial charge in [-0.2, -0.15) is 0 Å². The molecule has 0 fully saturated rings. The minimum absolute atomic E-state index is 0.0196. The number of benzene rings is 3. The first-order valence-corrected chi connectivity index (χ1v) is 14.9. The van der Waals surface area contributed by atoms with Crippen LogP contribution in [0.2, 0.25) is 10.0 Å². The smallest absolute Gasteiger partial charge is 0.264 e. The first-order chi connectivity index (χ1) is 19.0. The second-order valence-electron chi connectivity index (χ2n) is 9.29. The lowest BCUT2D eigenvalue weighted by atomic mass is 10.1. The van der Waals surface area contributed by atoms with E-state index in [1.54, 1.807) is 55.5 Å². The van der Waals surface area contributed by atoms with Crippen LogP contribution in [0.15, 0.2) is 77.7 Å². The number of hydrogen-bond donors (Lipinski definition) is 1. The fraction of sp³-hybridized carbons (Fsp3) is 0.310. The number of nitrogens with zero attached hydrogens (tertiary/aromatic N) is 2. The minimum Gasteiger partial charge on any atom is -0.495 e. The van der Waals surface area contributed by atoms with E-state index in [0.29, 0.717) is 17.0 Å². The van der Waals surface area contributed by atoms with Gasteiger partial charge in [-0.05, 0) is 68.3 Å². The summed E-state index contributed by atoms with van der Waals surface area (Å²) in [6.45, 7) is 4.83. The van der Waals surface area contributed by atoms with E-state index in [0.717, 1.165) is 4.31 Å². The molecule has 3 rings (SSSR count). The number of carbonyl (C=O) groups excluding carboxylic acids is 2. The zero-order valence-corrected chi connectivity index (χ0v) is 25.1. The number of sulfonamides is 1. The number of amides is 2. The van der Waals surface area contributed by atoms with Crippen molar-refractivity contribution in [2.45, 2.75) is 50.7 Å². The molecule has 8 nitrogen and oxygen atoms in total. The summed E-state index contributed by atoms with van der Waals surface area (Å²) in [6.07, 6.45) is 0.707. The van der Waals surface area contributed by atoms with Gasteiger partial charge in [-0.15, -0.1) is 0 Å². The molecule has 0 aliphatic carbocycles. The summed E-state index contributed by atoms with van der Waals surface area (Å²) in [7, 11) is -2.86. The van der Waals surface area contributed by atoms with Gasteiger partial charge in [0.05, 0.1) is 17.7 Å². The number of halogens is 2. The Morgan fingerprint density at radius 1 is 0.950 bits per heavy atom. The maximum Gasteiger partial charge on any atom is 0.264 e. The second-order valence-corrected chi connectivity index (χ2v) is 12.0. The predicted octanol–water partition coefficient (Wildman–Crippen LogP) is 5.53. The van der Waals surface area contributed by atoms with Gasteiger partial charge >= 0.3 is 0 Å². The van der Waals surface area contributed by atoms with Gasteiger partial charge in [0.15, 0.2) is 0 Å². The Labute approximate surface area is 245 Å². The molecule has 3 aromatic carbocycles. The SMILES string of the molecule is CCC(C)NC(=O)C(C)N(Cc1cccc(Cl)c1)C(=O)CN(c1cc(Cl)ccc1OC)S(=O)(=O)c1ccccc1. The van der Waals surface area contributed by atoms with Crippen LogP contribution in [0.25, 0.3) is 0 Å². The molecule has 40 heavy (non-hydrogen) atoms. The van der Waals surface area contributed by atoms with Crippen molar-refractivity contribution in [3.63, 3.8) is 0 Å².